The second-order valence-electron chi connectivity index (χ2n) is 6.09. The first-order valence-electron chi connectivity index (χ1n) is 7.40. The van der Waals surface area contributed by atoms with Crippen LogP contribution in [-0.2, 0) is 4.79 Å². The van der Waals surface area contributed by atoms with E-state index in [1.54, 1.807) is 19.9 Å². The van der Waals surface area contributed by atoms with Crippen LogP contribution in [0.1, 0.15) is 41.8 Å². The van der Waals surface area contributed by atoms with Crippen molar-refractivity contribution in [1.29, 1.82) is 0 Å². The highest BCUT2D eigenvalue weighted by molar-refractivity contribution is 5.96. The van der Waals surface area contributed by atoms with Gasteiger partial charge in [0, 0.05) is 23.7 Å². The minimum absolute atomic E-state index is 0.00649. The molecule has 0 saturated heterocycles. The maximum Gasteiger partial charge on any atom is 0.308 e. The number of hydrogen-bond donors (Lipinski definition) is 2. The van der Waals surface area contributed by atoms with Gasteiger partial charge < -0.3 is 10.4 Å². The van der Waals surface area contributed by atoms with Crippen molar-refractivity contribution in [2.45, 2.75) is 34.1 Å². The fraction of sp³-hybridized carbons (Fsp3) is 0.500. The molecular formula is C16H22N2O5. The summed E-state index contributed by atoms with van der Waals surface area (Å²) < 4.78 is 0. The number of carboxylic acids is 1. The molecule has 1 amide bonds. The zero-order valence-corrected chi connectivity index (χ0v) is 13.8. The van der Waals surface area contributed by atoms with Crippen molar-refractivity contribution in [3.63, 3.8) is 0 Å². The Bertz CT molecular complexity index is 625. The summed E-state index contributed by atoms with van der Waals surface area (Å²) in [6.07, 6.45) is 0.447. The third-order valence-electron chi connectivity index (χ3n) is 3.60. The molecule has 0 bridgehead atoms. The van der Waals surface area contributed by atoms with Gasteiger partial charge in [0.1, 0.15) is 0 Å². The lowest BCUT2D eigenvalue weighted by Crippen LogP contribution is -2.34. The number of aliphatic carboxylic acids is 1. The highest BCUT2D eigenvalue weighted by Gasteiger charge is 2.22. The zero-order chi connectivity index (χ0) is 17.7. The van der Waals surface area contributed by atoms with Gasteiger partial charge in [-0.25, -0.2) is 0 Å². The predicted octanol–water partition coefficient (Wildman–Crippen LogP) is 2.69. The third-order valence-corrected chi connectivity index (χ3v) is 3.60. The maximum absolute atomic E-state index is 12.2. The summed E-state index contributed by atoms with van der Waals surface area (Å²) in [5.74, 6) is -1.96. The number of amides is 1. The fourth-order valence-corrected chi connectivity index (χ4v) is 2.43. The Morgan fingerprint density at radius 3 is 2.35 bits per heavy atom. The molecule has 0 aliphatic carbocycles. The molecule has 23 heavy (non-hydrogen) atoms. The molecule has 1 aromatic carbocycles. The second-order valence-corrected chi connectivity index (χ2v) is 6.09. The SMILES string of the molecule is Cc1cc(C)c([N+](=O)[O-])cc1C(=O)NCC(CC(C)C)C(=O)O. The first-order valence-corrected chi connectivity index (χ1v) is 7.40. The van der Waals surface area contributed by atoms with Gasteiger partial charge in [-0.3, -0.25) is 19.7 Å². The monoisotopic (exact) mass is 322 g/mol. The first-order chi connectivity index (χ1) is 10.6. The van der Waals surface area contributed by atoms with Gasteiger partial charge in [0.15, 0.2) is 0 Å². The van der Waals surface area contributed by atoms with Crippen molar-refractivity contribution in [2.75, 3.05) is 6.54 Å². The Morgan fingerprint density at radius 2 is 1.87 bits per heavy atom. The van der Waals surface area contributed by atoms with Crippen molar-refractivity contribution in [1.82, 2.24) is 5.32 Å². The van der Waals surface area contributed by atoms with E-state index in [0.29, 0.717) is 17.5 Å². The molecule has 7 nitrogen and oxygen atoms in total. The number of hydrogen-bond acceptors (Lipinski definition) is 4. The molecule has 0 aromatic heterocycles. The largest absolute Gasteiger partial charge is 0.481 e. The smallest absolute Gasteiger partial charge is 0.308 e. The third kappa shape index (κ3) is 5.05. The number of nitrogens with zero attached hydrogens (tertiary/aromatic N) is 1. The Balaban J connectivity index is 2.91. The molecule has 0 heterocycles. The Hall–Kier alpha value is -2.44. The van der Waals surface area contributed by atoms with E-state index in [-0.39, 0.29) is 23.7 Å². The van der Waals surface area contributed by atoms with E-state index in [9.17, 15) is 24.8 Å². The second kappa shape index (κ2) is 7.71. The highest BCUT2D eigenvalue weighted by Crippen LogP contribution is 2.22. The summed E-state index contributed by atoms with van der Waals surface area (Å²) in [6, 6.07) is 2.81. The quantitative estimate of drug-likeness (QED) is 0.592. The summed E-state index contributed by atoms with van der Waals surface area (Å²) in [5, 5.41) is 22.7. The number of nitro groups is 1. The predicted molar refractivity (Wildman–Crippen MR) is 85.5 cm³/mol. The average Bonchev–Trinajstić information content (AvgIpc) is 2.41. The summed E-state index contributed by atoms with van der Waals surface area (Å²) in [7, 11) is 0. The van der Waals surface area contributed by atoms with Crippen LogP contribution in [0.15, 0.2) is 12.1 Å². The van der Waals surface area contributed by atoms with Crippen molar-refractivity contribution in [3.8, 4) is 0 Å². The molecule has 0 aliphatic heterocycles. The summed E-state index contributed by atoms with van der Waals surface area (Å²) >= 11 is 0. The van der Waals surface area contributed by atoms with Gasteiger partial charge >= 0.3 is 5.97 Å². The molecular weight excluding hydrogens is 300 g/mol. The minimum Gasteiger partial charge on any atom is -0.481 e. The van der Waals surface area contributed by atoms with Crippen molar-refractivity contribution in [2.24, 2.45) is 11.8 Å². The van der Waals surface area contributed by atoms with Gasteiger partial charge in [0.25, 0.3) is 11.6 Å². The molecule has 0 spiro atoms. The van der Waals surface area contributed by atoms with E-state index in [1.807, 2.05) is 13.8 Å². The molecule has 0 saturated carbocycles. The van der Waals surface area contributed by atoms with E-state index >= 15 is 0 Å². The molecule has 2 N–H and O–H groups in total. The molecule has 1 unspecified atom stereocenters. The number of carbonyl (C=O) groups excluding carboxylic acids is 1. The number of nitro benzene ring substituents is 1. The number of carbonyl (C=O) groups is 2. The van der Waals surface area contributed by atoms with E-state index in [0.717, 1.165) is 0 Å². The maximum atomic E-state index is 12.2. The first kappa shape index (κ1) is 18.6. The Labute approximate surface area is 134 Å². The van der Waals surface area contributed by atoms with Crippen LogP contribution in [0.25, 0.3) is 0 Å². The molecule has 7 heteroatoms. The lowest BCUT2D eigenvalue weighted by Gasteiger charge is -2.16. The molecule has 126 valence electrons. The van der Waals surface area contributed by atoms with Crippen LogP contribution in [0.5, 0.6) is 0 Å². The van der Waals surface area contributed by atoms with Crippen LogP contribution >= 0.6 is 0 Å². The molecule has 0 aliphatic rings. The number of aryl methyl sites for hydroxylation is 2. The number of carboxylic acid groups (broad SMARTS) is 1. The lowest BCUT2D eigenvalue weighted by atomic mass is 9.97. The minimum atomic E-state index is -0.967. The summed E-state index contributed by atoms with van der Waals surface area (Å²) in [5.41, 5.74) is 1.15. The number of benzene rings is 1. The van der Waals surface area contributed by atoms with E-state index in [2.05, 4.69) is 5.32 Å². The average molecular weight is 322 g/mol. The molecule has 1 rings (SSSR count). The molecule has 0 radical (unpaired) electrons. The van der Waals surface area contributed by atoms with Crippen LogP contribution < -0.4 is 5.32 Å². The number of rotatable bonds is 7. The summed E-state index contributed by atoms with van der Waals surface area (Å²) in [6.45, 7) is 7.11. The summed E-state index contributed by atoms with van der Waals surface area (Å²) in [4.78, 5) is 33.9. The van der Waals surface area contributed by atoms with Crippen molar-refractivity contribution >= 4 is 17.6 Å². The van der Waals surface area contributed by atoms with Crippen molar-refractivity contribution < 1.29 is 19.6 Å². The van der Waals surface area contributed by atoms with Gasteiger partial charge in [-0.15, -0.1) is 0 Å². The van der Waals surface area contributed by atoms with Crippen LogP contribution in [0, 0.1) is 35.8 Å². The Kier molecular flexibility index (Phi) is 6.24. The molecule has 1 aromatic rings. The van der Waals surface area contributed by atoms with Crippen LogP contribution in [0.4, 0.5) is 5.69 Å². The topological polar surface area (TPSA) is 110 Å². The van der Waals surface area contributed by atoms with Crippen LogP contribution in [0.3, 0.4) is 0 Å². The molecule has 0 fully saturated rings. The van der Waals surface area contributed by atoms with Gasteiger partial charge in [-0.1, -0.05) is 13.8 Å². The van der Waals surface area contributed by atoms with Gasteiger partial charge in [0.2, 0.25) is 0 Å². The lowest BCUT2D eigenvalue weighted by molar-refractivity contribution is -0.385. The van der Waals surface area contributed by atoms with E-state index in [1.165, 1.54) is 6.07 Å². The van der Waals surface area contributed by atoms with Gasteiger partial charge in [-0.05, 0) is 37.8 Å². The van der Waals surface area contributed by atoms with E-state index in [4.69, 9.17) is 0 Å². The van der Waals surface area contributed by atoms with Gasteiger partial charge in [-0.2, -0.15) is 0 Å². The highest BCUT2D eigenvalue weighted by atomic mass is 16.6. The number of nitrogens with one attached hydrogen (secondary N) is 1. The standard InChI is InChI=1S/C16H22N2O5/c1-9(2)5-12(16(20)21)8-17-15(19)13-7-14(18(22)23)11(4)6-10(13)3/h6-7,9,12H,5,8H2,1-4H3,(H,17,19)(H,20,21). The fourth-order valence-electron chi connectivity index (χ4n) is 2.43. The normalized spacial score (nSPS) is 12.0. The Morgan fingerprint density at radius 1 is 1.26 bits per heavy atom. The van der Waals surface area contributed by atoms with E-state index < -0.39 is 22.7 Å². The van der Waals surface area contributed by atoms with Crippen molar-refractivity contribution in [3.05, 3.63) is 38.9 Å². The van der Waals surface area contributed by atoms with Crippen LogP contribution in [-0.4, -0.2) is 28.5 Å². The van der Waals surface area contributed by atoms with Crippen LogP contribution in [0.2, 0.25) is 0 Å². The van der Waals surface area contributed by atoms with Gasteiger partial charge in [0.05, 0.1) is 10.8 Å². The zero-order valence-electron chi connectivity index (χ0n) is 13.8. The molecule has 1 atom stereocenters.